The first-order valence-electron chi connectivity index (χ1n) is 4.75. The molecule has 2 atom stereocenters. The third kappa shape index (κ3) is 0.885. The normalized spacial score (nSPS) is 41.9. The minimum Gasteiger partial charge on any atom is -0.320 e. The molecule has 0 aromatic rings. The van der Waals surface area contributed by atoms with E-state index in [-0.39, 0.29) is 22.7 Å². The number of fused-ring (bicyclic) bond motifs is 2. The number of thiocarbonyl (C=S) groups is 1. The van der Waals surface area contributed by atoms with Crippen LogP contribution in [0.1, 0.15) is 33.6 Å². The summed E-state index contributed by atoms with van der Waals surface area (Å²) in [7, 11) is 0. The lowest BCUT2D eigenvalue weighted by molar-refractivity contribution is -0.128. The van der Waals surface area contributed by atoms with Crippen LogP contribution in [0.3, 0.4) is 0 Å². The number of nitrogens with one attached hydrogen (secondary N) is 1. The van der Waals surface area contributed by atoms with Crippen molar-refractivity contribution in [2.45, 2.75) is 33.6 Å². The molecule has 1 aliphatic carbocycles. The predicted octanol–water partition coefficient (Wildman–Crippen LogP) is 1.89. The van der Waals surface area contributed by atoms with Gasteiger partial charge in [0.1, 0.15) is 0 Å². The number of rotatable bonds is 0. The molecule has 0 aromatic heterocycles. The van der Waals surface area contributed by atoms with Crippen molar-refractivity contribution >= 4 is 23.1 Å². The lowest BCUT2D eigenvalue weighted by atomic mass is 9.63. The SMILES string of the molecule is CC1(C)[C@@H]2CC[C@@]1(C)C(=S)NC2=O. The van der Waals surface area contributed by atoms with Crippen LogP contribution in [0.5, 0.6) is 0 Å². The monoisotopic (exact) mass is 197 g/mol. The van der Waals surface area contributed by atoms with Gasteiger partial charge < -0.3 is 5.32 Å². The second kappa shape index (κ2) is 2.32. The van der Waals surface area contributed by atoms with E-state index in [1.165, 1.54) is 0 Å². The molecule has 1 saturated heterocycles. The summed E-state index contributed by atoms with van der Waals surface area (Å²) in [5.41, 5.74) is 0.0628. The summed E-state index contributed by atoms with van der Waals surface area (Å²) in [6.45, 7) is 6.50. The van der Waals surface area contributed by atoms with Crippen LogP contribution in [-0.4, -0.2) is 10.9 Å². The average molecular weight is 197 g/mol. The van der Waals surface area contributed by atoms with Crippen LogP contribution in [-0.2, 0) is 4.79 Å². The van der Waals surface area contributed by atoms with Gasteiger partial charge in [-0.15, -0.1) is 0 Å². The maximum absolute atomic E-state index is 11.6. The topological polar surface area (TPSA) is 29.1 Å². The van der Waals surface area contributed by atoms with Gasteiger partial charge in [0.15, 0.2) is 0 Å². The van der Waals surface area contributed by atoms with E-state index in [1.54, 1.807) is 0 Å². The molecule has 1 aliphatic heterocycles. The van der Waals surface area contributed by atoms with Crippen LogP contribution in [0.25, 0.3) is 0 Å². The lowest BCUT2D eigenvalue weighted by Gasteiger charge is -2.45. The minimum absolute atomic E-state index is 0.0287. The first-order valence-corrected chi connectivity index (χ1v) is 5.16. The van der Waals surface area contributed by atoms with Gasteiger partial charge in [-0.1, -0.05) is 33.0 Å². The maximum Gasteiger partial charge on any atom is 0.228 e. The fourth-order valence-corrected chi connectivity index (χ4v) is 3.17. The molecule has 0 unspecified atom stereocenters. The van der Waals surface area contributed by atoms with Crippen LogP contribution < -0.4 is 5.32 Å². The van der Waals surface area contributed by atoms with Gasteiger partial charge in [-0.05, 0) is 18.3 Å². The van der Waals surface area contributed by atoms with Crippen molar-refractivity contribution in [1.29, 1.82) is 0 Å². The Morgan fingerprint density at radius 3 is 2.69 bits per heavy atom. The highest BCUT2D eigenvalue weighted by atomic mass is 32.1. The highest BCUT2D eigenvalue weighted by Crippen LogP contribution is 2.58. The van der Waals surface area contributed by atoms with Crippen molar-refractivity contribution in [2.75, 3.05) is 0 Å². The van der Waals surface area contributed by atoms with Gasteiger partial charge in [0.25, 0.3) is 0 Å². The highest BCUT2D eigenvalue weighted by molar-refractivity contribution is 7.80. The van der Waals surface area contributed by atoms with Crippen molar-refractivity contribution in [1.82, 2.24) is 5.32 Å². The van der Waals surface area contributed by atoms with Gasteiger partial charge in [-0.3, -0.25) is 4.79 Å². The van der Waals surface area contributed by atoms with E-state index in [4.69, 9.17) is 12.2 Å². The molecule has 2 aliphatic rings. The van der Waals surface area contributed by atoms with Crippen LogP contribution >= 0.6 is 12.2 Å². The zero-order valence-electron chi connectivity index (χ0n) is 8.31. The number of carbonyl (C=O) groups excluding carboxylic acids is 1. The smallest absolute Gasteiger partial charge is 0.228 e. The maximum atomic E-state index is 11.6. The molecular weight excluding hydrogens is 182 g/mol. The van der Waals surface area contributed by atoms with E-state index in [1.807, 2.05) is 0 Å². The number of hydrogen-bond donors (Lipinski definition) is 1. The Hall–Kier alpha value is -0.440. The first kappa shape index (κ1) is 9.13. The number of piperidine rings is 1. The number of amides is 1. The molecule has 1 heterocycles. The summed E-state index contributed by atoms with van der Waals surface area (Å²) in [6.07, 6.45) is 2.03. The Morgan fingerprint density at radius 2 is 2.08 bits per heavy atom. The quantitative estimate of drug-likeness (QED) is 0.601. The molecule has 2 nitrogen and oxygen atoms in total. The molecule has 2 bridgehead atoms. The molecule has 2 fully saturated rings. The Kier molecular flexibility index (Phi) is 1.63. The summed E-state index contributed by atoms with van der Waals surface area (Å²) < 4.78 is 0. The Morgan fingerprint density at radius 1 is 1.46 bits per heavy atom. The average Bonchev–Trinajstić information content (AvgIpc) is 2.16. The fourth-order valence-electron chi connectivity index (χ4n) is 2.70. The van der Waals surface area contributed by atoms with E-state index in [9.17, 15) is 4.79 Å². The zero-order chi connectivity index (χ0) is 9.85. The fraction of sp³-hybridized carbons (Fsp3) is 0.800. The third-order valence-electron chi connectivity index (χ3n) is 4.28. The summed E-state index contributed by atoms with van der Waals surface area (Å²) in [5.74, 6) is 0.286. The van der Waals surface area contributed by atoms with Crippen LogP contribution in [0.4, 0.5) is 0 Å². The molecule has 1 saturated carbocycles. The molecule has 0 aromatic carbocycles. The molecule has 72 valence electrons. The van der Waals surface area contributed by atoms with Crippen LogP contribution in [0.2, 0.25) is 0 Å². The molecule has 1 amide bonds. The molecule has 0 radical (unpaired) electrons. The highest BCUT2D eigenvalue weighted by Gasteiger charge is 2.59. The van der Waals surface area contributed by atoms with E-state index in [0.29, 0.717) is 0 Å². The van der Waals surface area contributed by atoms with Crippen LogP contribution in [0, 0.1) is 16.7 Å². The van der Waals surface area contributed by atoms with Gasteiger partial charge in [-0.2, -0.15) is 0 Å². The van der Waals surface area contributed by atoms with Gasteiger partial charge in [0, 0.05) is 11.3 Å². The third-order valence-corrected chi connectivity index (χ3v) is 4.83. The van der Waals surface area contributed by atoms with Crippen molar-refractivity contribution in [3.63, 3.8) is 0 Å². The Balaban J connectivity index is 2.51. The first-order chi connectivity index (χ1) is 5.89. The second-order valence-electron chi connectivity index (χ2n) is 4.96. The van der Waals surface area contributed by atoms with Gasteiger partial charge >= 0.3 is 0 Å². The molecule has 1 N–H and O–H groups in total. The summed E-state index contributed by atoms with van der Waals surface area (Å²) in [5, 5.41) is 2.83. The molecule has 13 heavy (non-hydrogen) atoms. The Labute approximate surface area is 84.1 Å². The number of carbonyl (C=O) groups is 1. The van der Waals surface area contributed by atoms with Gasteiger partial charge in [0.05, 0.1) is 4.99 Å². The van der Waals surface area contributed by atoms with E-state index in [2.05, 4.69) is 26.1 Å². The second-order valence-corrected chi connectivity index (χ2v) is 5.37. The van der Waals surface area contributed by atoms with E-state index >= 15 is 0 Å². The van der Waals surface area contributed by atoms with Crippen molar-refractivity contribution < 1.29 is 4.79 Å². The predicted molar refractivity (Wildman–Crippen MR) is 55.4 cm³/mol. The zero-order valence-corrected chi connectivity index (χ0v) is 9.12. The largest absolute Gasteiger partial charge is 0.320 e. The lowest BCUT2D eigenvalue weighted by Crippen LogP contribution is -2.56. The summed E-state index contributed by atoms with van der Waals surface area (Å²) in [4.78, 5) is 12.4. The van der Waals surface area contributed by atoms with Crippen molar-refractivity contribution in [3.8, 4) is 0 Å². The van der Waals surface area contributed by atoms with Gasteiger partial charge in [0.2, 0.25) is 5.91 Å². The van der Waals surface area contributed by atoms with Gasteiger partial charge in [-0.25, -0.2) is 0 Å². The van der Waals surface area contributed by atoms with E-state index < -0.39 is 0 Å². The standard InChI is InChI=1S/C10H15NOS/c1-9(2)6-4-5-10(9,3)8(13)11-7(6)12/h6H,4-5H2,1-3H3,(H,11,12,13)/t6-,10+/m1/s1. The molecule has 2 rings (SSSR count). The molecule has 0 spiro atoms. The molecule has 3 heteroatoms. The number of hydrogen-bond acceptors (Lipinski definition) is 2. The van der Waals surface area contributed by atoms with Crippen LogP contribution in [0.15, 0.2) is 0 Å². The summed E-state index contributed by atoms with van der Waals surface area (Å²) >= 11 is 5.26. The summed E-state index contributed by atoms with van der Waals surface area (Å²) in [6, 6.07) is 0. The minimum atomic E-state index is 0.0287. The molecular formula is C10H15NOS. The Bertz CT molecular complexity index is 297. The van der Waals surface area contributed by atoms with E-state index in [0.717, 1.165) is 17.8 Å². The van der Waals surface area contributed by atoms with Crippen molar-refractivity contribution in [2.24, 2.45) is 16.7 Å². The van der Waals surface area contributed by atoms with Crippen molar-refractivity contribution in [3.05, 3.63) is 0 Å².